The highest BCUT2D eigenvalue weighted by atomic mass is 32.1. The van der Waals surface area contributed by atoms with Gasteiger partial charge in [-0.15, -0.1) is 11.3 Å². The van der Waals surface area contributed by atoms with Gasteiger partial charge in [0.1, 0.15) is 5.01 Å². The minimum Gasteiger partial charge on any atom is -0.464 e. The summed E-state index contributed by atoms with van der Waals surface area (Å²) in [6.45, 7) is 0.623. The number of methoxy groups -OCH3 is 1. The predicted octanol–water partition coefficient (Wildman–Crippen LogP) is -0.105. The molecule has 0 aliphatic rings. The molecule has 1 heterocycles. The van der Waals surface area contributed by atoms with Gasteiger partial charge in [-0.1, -0.05) is 0 Å². The minimum absolute atomic E-state index is 0.127. The fourth-order valence-electron chi connectivity index (χ4n) is 0.984. The van der Waals surface area contributed by atoms with Crippen molar-refractivity contribution < 1.29 is 14.3 Å². The summed E-state index contributed by atoms with van der Waals surface area (Å²) in [5.74, 6) is -0.604. The number of amides is 1. The summed E-state index contributed by atoms with van der Waals surface area (Å²) in [5.41, 5.74) is 5.49. The minimum atomic E-state index is -0.476. The summed E-state index contributed by atoms with van der Waals surface area (Å²) in [7, 11) is 1.30. The van der Waals surface area contributed by atoms with E-state index < -0.39 is 5.97 Å². The number of esters is 1. The number of aromatic nitrogens is 1. The number of hydrogen-bond donors (Lipinski definition) is 2. The van der Waals surface area contributed by atoms with Crippen molar-refractivity contribution in [1.82, 2.24) is 10.3 Å². The summed E-state index contributed by atoms with van der Waals surface area (Å²) in [5, 5.41) is 4.90. The molecular weight excluding hydrogens is 230 g/mol. The van der Waals surface area contributed by atoms with E-state index in [-0.39, 0.29) is 18.0 Å². The van der Waals surface area contributed by atoms with Gasteiger partial charge in [0.05, 0.1) is 13.7 Å². The van der Waals surface area contributed by atoms with Crippen LogP contribution in [0.15, 0.2) is 5.38 Å². The van der Waals surface area contributed by atoms with Crippen LogP contribution in [-0.4, -0.2) is 30.5 Å². The molecule has 0 saturated carbocycles. The summed E-state index contributed by atoms with van der Waals surface area (Å²) in [6.07, 6.45) is 0.287. The third kappa shape index (κ3) is 3.59. The topological polar surface area (TPSA) is 94.3 Å². The van der Waals surface area contributed by atoms with Crippen molar-refractivity contribution in [3.63, 3.8) is 0 Å². The molecule has 0 atom stereocenters. The Hall–Kier alpha value is -1.47. The Kier molecular flexibility index (Phi) is 4.87. The Balaban J connectivity index is 2.46. The van der Waals surface area contributed by atoms with Gasteiger partial charge in [-0.2, -0.15) is 0 Å². The lowest BCUT2D eigenvalue weighted by Gasteiger charge is -2.00. The highest BCUT2D eigenvalue weighted by Crippen LogP contribution is 2.10. The van der Waals surface area contributed by atoms with Crippen LogP contribution in [0.4, 0.5) is 0 Å². The smallest absolute Gasteiger partial charge is 0.357 e. The van der Waals surface area contributed by atoms with E-state index in [1.54, 1.807) is 5.38 Å². The molecular formula is C9H13N3O3S. The van der Waals surface area contributed by atoms with Crippen LogP contribution in [0, 0.1) is 0 Å². The standard InChI is InChI=1S/C9H13N3O3S/c1-15-9(14)6-5-16-8(12-6)4-11-7(13)2-3-10/h5H,2-4,10H2,1H3,(H,11,13). The molecule has 7 heteroatoms. The van der Waals surface area contributed by atoms with Crippen LogP contribution >= 0.6 is 11.3 Å². The fraction of sp³-hybridized carbons (Fsp3) is 0.444. The van der Waals surface area contributed by atoms with E-state index in [2.05, 4.69) is 15.0 Å². The summed E-state index contributed by atoms with van der Waals surface area (Å²) in [4.78, 5) is 26.2. The second-order valence-corrected chi connectivity index (χ2v) is 3.88. The van der Waals surface area contributed by atoms with Crippen LogP contribution < -0.4 is 11.1 Å². The number of ether oxygens (including phenoxy) is 1. The molecule has 1 amide bonds. The van der Waals surface area contributed by atoms with Gasteiger partial charge >= 0.3 is 5.97 Å². The van der Waals surface area contributed by atoms with Crippen LogP contribution in [0.3, 0.4) is 0 Å². The molecule has 0 radical (unpaired) electrons. The number of carbonyl (C=O) groups excluding carboxylic acids is 2. The Morgan fingerprint density at radius 3 is 3.00 bits per heavy atom. The average molecular weight is 243 g/mol. The maximum atomic E-state index is 11.1. The number of nitrogens with zero attached hydrogens (tertiary/aromatic N) is 1. The quantitative estimate of drug-likeness (QED) is 0.704. The van der Waals surface area contributed by atoms with E-state index >= 15 is 0 Å². The van der Waals surface area contributed by atoms with Crippen molar-refractivity contribution in [2.45, 2.75) is 13.0 Å². The summed E-state index contributed by atoms with van der Waals surface area (Å²) < 4.78 is 4.52. The molecule has 0 spiro atoms. The maximum Gasteiger partial charge on any atom is 0.357 e. The van der Waals surface area contributed by atoms with Crippen LogP contribution in [0.2, 0.25) is 0 Å². The number of thiazole rings is 1. The molecule has 16 heavy (non-hydrogen) atoms. The van der Waals surface area contributed by atoms with Gasteiger partial charge in [0.15, 0.2) is 5.69 Å². The highest BCUT2D eigenvalue weighted by molar-refractivity contribution is 7.09. The Bertz CT molecular complexity index is 378. The van der Waals surface area contributed by atoms with Crippen molar-refractivity contribution in [3.8, 4) is 0 Å². The zero-order valence-electron chi connectivity index (χ0n) is 8.86. The van der Waals surface area contributed by atoms with Gasteiger partial charge < -0.3 is 15.8 Å². The molecule has 0 aromatic carbocycles. The monoisotopic (exact) mass is 243 g/mol. The van der Waals surface area contributed by atoms with Crippen molar-refractivity contribution >= 4 is 23.2 Å². The van der Waals surface area contributed by atoms with Crippen molar-refractivity contribution in [2.24, 2.45) is 5.73 Å². The lowest BCUT2D eigenvalue weighted by molar-refractivity contribution is -0.121. The second-order valence-electron chi connectivity index (χ2n) is 2.93. The SMILES string of the molecule is COC(=O)c1csc(CNC(=O)CCN)n1. The van der Waals surface area contributed by atoms with Gasteiger partial charge in [-0.25, -0.2) is 9.78 Å². The van der Waals surface area contributed by atoms with E-state index in [1.807, 2.05) is 0 Å². The van der Waals surface area contributed by atoms with Crippen molar-refractivity contribution in [2.75, 3.05) is 13.7 Å². The molecule has 88 valence electrons. The zero-order chi connectivity index (χ0) is 12.0. The Morgan fingerprint density at radius 2 is 2.38 bits per heavy atom. The first kappa shape index (κ1) is 12.6. The first-order valence-electron chi connectivity index (χ1n) is 4.67. The third-order valence-corrected chi connectivity index (χ3v) is 2.60. The lowest BCUT2D eigenvalue weighted by Crippen LogP contribution is -2.25. The van der Waals surface area contributed by atoms with E-state index in [0.717, 1.165) is 0 Å². The molecule has 0 bridgehead atoms. The predicted molar refractivity (Wildman–Crippen MR) is 59.0 cm³/mol. The van der Waals surface area contributed by atoms with Gasteiger partial charge in [0, 0.05) is 18.3 Å². The highest BCUT2D eigenvalue weighted by Gasteiger charge is 2.10. The van der Waals surface area contributed by atoms with Gasteiger partial charge in [0.25, 0.3) is 0 Å². The third-order valence-electron chi connectivity index (χ3n) is 1.75. The van der Waals surface area contributed by atoms with Gasteiger partial charge in [-0.05, 0) is 0 Å². The summed E-state index contributed by atoms with van der Waals surface area (Å²) >= 11 is 1.30. The molecule has 0 unspecified atom stereocenters. The normalized spacial score (nSPS) is 9.88. The fourth-order valence-corrected chi connectivity index (χ4v) is 1.69. The molecule has 1 rings (SSSR count). The Labute approximate surface area is 96.8 Å². The number of carbonyl (C=O) groups is 2. The van der Waals surface area contributed by atoms with Crippen molar-refractivity contribution in [3.05, 3.63) is 16.1 Å². The molecule has 3 N–H and O–H groups in total. The molecule has 0 aliphatic carbocycles. The number of nitrogens with one attached hydrogen (secondary N) is 1. The zero-order valence-corrected chi connectivity index (χ0v) is 9.67. The van der Waals surface area contributed by atoms with Gasteiger partial charge in [-0.3, -0.25) is 4.79 Å². The second kappa shape index (κ2) is 6.19. The maximum absolute atomic E-state index is 11.1. The van der Waals surface area contributed by atoms with E-state index in [9.17, 15) is 9.59 Å². The molecule has 1 aromatic heterocycles. The molecule has 0 fully saturated rings. The van der Waals surface area contributed by atoms with Crippen LogP contribution in [0.1, 0.15) is 21.9 Å². The first-order valence-corrected chi connectivity index (χ1v) is 5.54. The molecule has 0 saturated heterocycles. The Morgan fingerprint density at radius 1 is 1.62 bits per heavy atom. The van der Waals surface area contributed by atoms with Crippen LogP contribution in [0.5, 0.6) is 0 Å². The average Bonchev–Trinajstić information content (AvgIpc) is 2.74. The first-order chi connectivity index (χ1) is 7.67. The molecule has 0 aliphatic heterocycles. The molecule has 1 aromatic rings. The molecule has 6 nitrogen and oxygen atoms in total. The number of rotatable bonds is 5. The number of hydrogen-bond acceptors (Lipinski definition) is 6. The lowest BCUT2D eigenvalue weighted by atomic mass is 10.4. The van der Waals surface area contributed by atoms with Crippen LogP contribution in [-0.2, 0) is 16.1 Å². The van der Waals surface area contributed by atoms with Gasteiger partial charge in [0.2, 0.25) is 5.91 Å². The summed E-state index contributed by atoms with van der Waals surface area (Å²) in [6, 6.07) is 0. The van der Waals surface area contributed by atoms with E-state index in [0.29, 0.717) is 18.1 Å². The van der Waals surface area contributed by atoms with E-state index in [4.69, 9.17) is 5.73 Å². The number of nitrogens with two attached hydrogens (primary N) is 1. The van der Waals surface area contributed by atoms with Crippen LogP contribution in [0.25, 0.3) is 0 Å². The largest absolute Gasteiger partial charge is 0.464 e. The van der Waals surface area contributed by atoms with Crippen molar-refractivity contribution in [1.29, 1.82) is 0 Å². The van der Waals surface area contributed by atoms with E-state index in [1.165, 1.54) is 18.4 Å².